The molecule has 1 atom stereocenters. The van der Waals surface area contributed by atoms with Crippen molar-refractivity contribution in [2.45, 2.75) is 18.9 Å². The fourth-order valence-electron chi connectivity index (χ4n) is 0.774. The lowest BCUT2D eigenvalue weighted by atomic mass is 10.2. The second-order valence-corrected chi connectivity index (χ2v) is 2.53. The molecule has 0 spiro atoms. The lowest BCUT2D eigenvalue weighted by molar-refractivity contribution is -0.146. The molecular weight excluding hydrogens is 186 g/mol. The lowest BCUT2D eigenvalue weighted by Gasteiger charge is -2.12. The first-order chi connectivity index (χ1) is 6.65. The molecule has 5 nitrogen and oxygen atoms in total. The molecule has 1 amide bonds. The van der Waals surface area contributed by atoms with Crippen molar-refractivity contribution < 1.29 is 19.4 Å². The van der Waals surface area contributed by atoms with Crippen molar-refractivity contribution in [3.63, 3.8) is 0 Å². The van der Waals surface area contributed by atoms with E-state index in [4.69, 9.17) is 11.5 Å². The fourth-order valence-corrected chi connectivity index (χ4v) is 0.774. The standard InChI is InChI=1S/C9H13NO4/c1-3-4-5-8(12)10-7(6-11)9(13)14-2/h1,7,11H,4-6H2,2H3,(H,10,12). The molecule has 14 heavy (non-hydrogen) atoms. The van der Waals surface area contributed by atoms with E-state index in [1.807, 2.05) is 0 Å². The van der Waals surface area contributed by atoms with E-state index < -0.39 is 18.6 Å². The molecule has 0 aromatic rings. The Kier molecular flexibility index (Phi) is 6.16. The zero-order chi connectivity index (χ0) is 11.0. The highest BCUT2D eigenvalue weighted by atomic mass is 16.5. The Bertz CT molecular complexity index is 244. The molecule has 0 heterocycles. The number of methoxy groups -OCH3 is 1. The topological polar surface area (TPSA) is 75.6 Å². The van der Waals surface area contributed by atoms with Crippen LogP contribution in [0.5, 0.6) is 0 Å². The fraction of sp³-hybridized carbons (Fsp3) is 0.556. The van der Waals surface area contributed by atoms with Gasteiger partial charge in [0.15, 0.2) is 6.04 Å². The van der Waals surface area contributed by atoms with E-state index in [0.717, 1.165) is 0 Å². The van der Waals surface area contributed by atoms with Crippen LogP contribution in [0.1, 0.15) is 12.8 Å². The summed E-state index contributed by atoms with van der Waals surface area (Å²) in [5.74, 6) is 1.23. The average Bonchev–Trinajstić information content (AvgIpc) is 2.21. The molecule has 0 bridgehead atoms. The van der Waals surface area contributed by atoms with Crippen LogP contribution in [0, 0.1) is 12.3 Å². The largest absolute Gasteiger partial charge is 0.467 e. The summed E-state index contributed by atoms with van der Waals surface area (Å²) >= 11 is 0. The Balaban J connectivity index is 4.00. The Morgan fingerprint density at radius 2 is 2.29 bits per heavy atom. The number of nitrogens with one attached hydrogen (secondary N) is 1. The molecule has 0 aromatic carbocycles. The molecule has 0 saturated heterocycles. The lowest BCUT2D eigenvalue weighted by Crippen LogP contribution is -2.43. The molecule has 0 radical (unpaired) electrons. The highest BCUT2D eigenvalue weighted by Gasteiger charge is 2.19. The Hall–Kier alpha value is -1.54. The van der Waals surface area contributed by atoms with E-state index in [2.05, 4.69) is 16.0 Å². The maximum atomic E-state index is 11.1. The summed E-state index contributed by atoms with van der Waals surface area (Å²) < 4.78 is 4.35. The maximum Gasteiger partial charge on any atom is 0.330 e. The van der Waals surface area contributed by atoms with Gasteiger partial charge in [0.1, 0.15) is 0 Å². The van der Waals surface area contributed by atoms with Gasteiger partial charge < -0.3 is 15.2 Å². The quantitative estimate of drug-likeness (QED) is 0.442. The van der Waals surface area contributed by atoms with Gasteiger partial charge in [-0.15, -0.1) is 12.3 Å². The first kappa shape index (κ1) is 12.5. The van der Waals surface area contributed by atoms with Crippen molar-refractivity contribution in [2.75, 3.05) is 13.7 Å². The van der Waals surface area contributed by atoms with Crippen LogP contribution in [0.25, 0.3) is 0 Å². The third-order valence-electron chi connectivity index (χ3n) is 1.50. The molecule has 0 rings (SSSR count). The van der Waals surface area contributed by atoms with Gasteiger partial charge in [0, 0.05) is 12.8 Å². The number of terminal acetylenes is 1. The molecule has 78 valence electrons. The molecule has 5 heteroatoms. The smallest absolute Gasteiger partial charge is 0.330 e. The number of aliphatic hydroxyl groups is 1. The number of rotatable bonds is 5. The SMILES string of the molecule is C#CCCC(=O)NC(CO)C(=O)OC. The minimum atomic E-state index is -1.01. The predicted molar refractivity (Wildman–Crippen MR) is 49.1 cm³/mol. The van der Waals surface area contributed by atoms with Gasteiger partial charge in [-0.05, 0) is 0 Å². The summed E-state index contributed by atoms with van der Waals surface area (Å²) in [6.45, 7) is -0.492. The number of hydrogen-bond donors (Lipinski definition) is 2. The Morgan fingerprint density at radius 3 is 2.71 bits per heavy atom. The number of esters is 1. The van der Waals surface area contributed by atoms with E-state index in [0.29, 0.717) is 6.42 Å². The van der Waals surface area contributed by atoms with Gasteiger partial charge in [-0.2, -0.15) is 0 Å². The van der Waals surface area contributed by atoms with Gasteiger partial charge in [-0.25, -0.2) is 4.79 Å². The summed E-state index contributed by atoms with van der Waals surface area (Å²) in [7, 11) is 1.18. The van der Waals surface area contributed by atoms with Gasteiger partial charge in [-0.3, -0.25) is 4.79 Å². The zero-order valence-electron chi connectivity index (χ0n) is 7.95. The summed E-state index contributed by atoms with van der Waals surface area (Å²) in [4.78, 5) is 22.0. The van der Waals surface area contributed by atoms with Gasteiger partial charge in [0.2, 0.25) is 5.91 Å². The number of amides is 1. The van der Waals surface area contributed by atoms with Crippen molar-refractivity contribution in [1.82, 2.24) is 5.32 Å². The number of ether oxygens (including phenoxy) is 1. The van der Waals surface area contributed by atoms with Crippen molar-refractivity contribution in [2.24, 2.45) is 0 Å². The summed E-state index contributed by atoms with van der Waals surface area (Å²) in [6.07, 6.45) is 5.38. The Labute approximate surface area is 82.4 Å². The maximum absolute atomic E-state index is 11.1. The van der Waals surface area contributed by atoms with Crippen LogP contribution in [0.3, 0.4) is 0 Å². The van der Waals surface area contributed by atoms with Crippen molar-refractivity contribution in [3.05, 3.63) is 0 Å². The number of carbonyl (C=O) groups is 2. The Morgan fingerprint density at radius 1 is 1.64 bits per heavy atom. The molecule has 0 aromatic heterocycles. The predicted octanol–water partition coefficient (Wildman–Crippen LogP) is -0.950. The van der Waals surface area contributed by atoms with Gasteiger partial charge in [0.25, 0.3) is 0 Å². The summed E-state index contributed by atoms with van der Waals surface area (Å²) in [6, 6.07) is -1.01. The minimum Gasteiger partial charge on any atom is -0.467 e. The van der Waals surface area contributed by atoms with Crippen LogP contribution in [-0.2, 0) is 14.3 Å². The number of hydrogen-bond acceptors (Lipinski definition) is 4. The average molecular weight is 199 g/mol. The van der Waals surface area contributed by atoms with E-state index in [1.54, 1.807) is 0 Å². The third-order valence-corrected chi connectivity index (χ3v) is 1.50. The highest BCUT2D eigenvalue weighted by molar-refractivity contribution is 5.84. The molecule has 0 aliphatic rings. The van der Waals surface area contributed by atoms with E-state index >= 15 is 0 Å². The number of carbonyl (C=O) groups excluding carboxylic acids is 2. The molecule has 0 fully saturated rings. The number of aliphatic hydroxyl groups excluding tert-OH is 1. The van der Waals surface area contributed by atoms with Crippen molar-refractivity contribution >= 4 is 11.9 Å². The molecule has 0 saturated carbocycles. The van der Waals surface area contributed by atoms with Crippen LogP contribution in [0.4, 0.5) is 0 Å². The summed E-state index contributed by atoms with van der Waals surface area (Å²) in [5, 5.41) is 11.0. The third kappa shape index (κ3) is 4.48. The van der Waals surface area contributed by atoms with Crippen molar-refractivity contribution in [1.29, 1.82) is 0 Å². The van der Waals surface area contributed by atoms with Gasteiger partial charge in [0.05, 0.1) is 13.7 Å². The van der Waals surface area contributed by atoms with Crippen LogP contribution < -0.4 is 5.32 Å². The van der Waals surface area contributed by atoms with Crippen LogP contribution in [0.2, 0.25) is 0 Å². The normalized spacial score (nSPS) is 11.2. The second kappa shape index (κ2) is 6.92. The second-order valence-electron chi connectivity index (χ2n) is 2.53. The van der Waals surface area contributed by atoms with Crippen LogP contribution in [0.15, 0.2) is 0 Å². The van der Waals surface area contributed by atoms with E-state index in [-0.39, 0.29) is 12.3 Å². The monoisotopic (exact) mass is 199 g/mol. The van der Waals surface area contributed by atoms with E-state index in [1.165, 1.54) is 7.11 Å². The van der Waals surface area contributed by atoms with Crippen LogP contribution >= 0.6 is 0 Å². The minimum absolute atomic E-state index is 0.129. The van der Waals surface area contributed by atoms with Gasteiger partial charge >= 0.3 is 5.97 Å². The zero-order valence-corrected chi connectivity index (χ0v) is 7.95. The molecule has 0 aliphatic carbocycles. The van der Waals surface area contributed by atoms with Crippen molar-refractivity contribution in [3.8, 4) is 12.3 Å². The first-order valence-electron chi connectivity index (χ1n) is 4.07. The first-order valence-corrected chi connectivity index (χ1v) is 4.07. The molecule has 2 N–H and O–H groups in total. The molecule has 0 aliphatic heterocycles. The molecule has 1 unspecified atom stereocenters. The van der Waals surface area contributed by atoms with E-state index in [9.17, 15) is 9.59 Å². The summed E-state index contributed by atoms with van der Waals surface area (Å²) in [5.41, 5.74) is 0. The van der Waals surface area contributed by atoms with Crippen LogP contribution in [-0.4, -0.2) is 36.7 Å². The molecular formula is C9H13NO4. The van der Waals surface area contributed by atoms with Gasteiger partial charge in [-0.1, -0.05) is 0 Å². The highest BCUT2D eigenvalue weighted by Crippen LogP contribution is 1.91.